The Morgan fingerprint density at radius 2 is 1.67 bits per heavy atom. The number of guanidine groups is 1. The summed E-state index contributed by atoms with van der Waals surface area (Å²) in [4.78, 5) is 21.7. The van der Waals surface area contributed by atoms with E-state index in [2.05, 4.69) is 20.6 Å². The average molecular weight is 449 g/mol. The Kier molecular flexibility index (Phi) is 8.64. The summed E-state index contributed by atoms with van der Waals surface area (Å²) < 4.78 is 16.6. The van der Waals surface area contributed by atoms with Crippen molar-refractivity contribution in [1.29, 1.82) is 0 Å². The van der Waals surface area contributed by atoms with E-state index >= 15 is 0 Å². The van der Waals surface area contributed by atoms with Crippen LogP contribution < -0.4 is 24.8 Å². The highest BCUT2D eigenvalue weighted by Crippen LogP contribution is 2.28. The Labute approximate surface area is 193 Å². The second kappa shape index (κ2) is 12.1. The third kappa shape index (κ3) is 6.70. The van der Waals surface area contributed by atoms with Crippen LogP contribution in [0.2, 0.25) is 0 Å². The van der Waals surface area contributed by atoms with E-state index in [1.165, 1.54) is 0 Å². The van der Waals surface area contributed by atoms with Crippen molar-refractivity contribution in [1.82, 2.24) is 10.3 Å². The van der Waals surface area contributed by atoms with Crippen LogP contribution in [0.5, 0.6) is 17.2 Å². The van der Waals surface area contributed by atoms with Crippen LogP contribution in [-0.2, 0) is 6.54 Å². The largest absolute Gasteiger partial charge is 0.495 e. The molecule has 172 valence electrons. The summed E-state index contributed by atoms with van der Waals surface area (Å²) in [5.74, 6) is 1.68. The number of benzene rings is 2. The van der Waals surface area contributed by atoms with E-state index in [4.69, 9.17) is 14.2 Å². The molecule has 0 saturated carbocycles. The number of aliphatic imine (C=N–C) groups is 1. The number of para-hydroxylation sites is 2. The molecule has 1 amide bonds. The third-order valence-corrected chi connectivity index (χ3v) is 4.57. The first kappa shape index (κ1) is 23.6. The quantitative estimate of drug-likeness (QED) is 0.375. The van der Waals surface area contributed by atoms with Crippen LogP contribution in [0.3, 0.4) is 0 Å². The molecule has 3 rings (SSSR count). The lowest BCUT2D eigenvalue weighted by Crippen LogP contribution is -2.36. The first-order valence-corrected chi connectivity index (χ1v) is 10.7. The predicted molar refractivity (Wildman–Crippen MR) is 128 cm³/mol. The molecule has 2 aromatic carbocycles. The van der Waals surface area contributed by atoms with Crippen LogP contribution >= 0.6 is 0 Å². The molecule has 0 bridgehead atoms. The first-order valence-electron chi connectivity index (χ1n) is 10.7. The number of pyridine rings is 1. The van der Waals surface area contributed by atoms with Crippen molar-refractivity contribution in [2.45, 2.75) is 20.4 Å². The van der Waals surface area contributed by atoms with Gasteiger partial charge in [0.1, 0.15) is 5.75 Å². The van der Waals surface area contributed by atoms with Crippen molar-refractivity contribution >= 4 is 17.6 Å². The molecule has 2 N–H and O–H groups in total. The lowest BCUT2D eigenvalue weighted by atomic mass is 10.2. The van der Waals surface area contributed by atoms with Crippen molar-refractivity contribution in [2.24, 2.45) is 4.99 Å². The third-order valence-electron chi connectivity index (χ3n) is 4.57. The summed E-state index contributed by atoms with van der Waals surface area (Å²) >= 11 is 0. The number of ether oxygens (including phenoxy) is 3. The summed E-state index contributed by atoms with van der Waals surface area (Å²) in [6, 6.07) is 16.2. The van der Waals surface area contributed by atoms with Gasteiger partial charge in [-0.3, -0.25) is 15.1 Å². The molecule has 3 aromatic rings. The van der Waals surface area contributed by atoms with Crippen LogP contribution in [0.25, 0.3) is 0 Å². The molecule has 0 radical (unpaired) electrons. The monoisotopic (exact) mass is 448 g/mol. The van der Waals surface area contributed by atoms with Gasteiger partial charge in [-0.05, 0) is 61.9 Å². The Bertz CT molecular complexity index is 1090. The summed E-state index contributed by atoms with van der Waals surface area (Å²) in [6.45, 7) is 5.09. The predicted octanol–water partition coefficient (Wildman–Crippen LogP) is 4.29. The Balaban J connectivity index is 1.85. The molecule has 8 heteroatoms. The Morgan fingerprint density at radius 1 is 0.939 bits per heavy atom. The number of rotatable bonds is 9. The van der Waals surface area contributed by atoms with E-state index in [-0.39, 0.29) is 11.9 Å². The number of hydrogen-bond acceptors (Lipinski definition) is 6. The van der Waals surface area contributed by atoms with Gasteiger partial charge in [-0.2, -0.15) is 0 Å². The van der Waals surface area contributed by atoms with Gasteiger partial charge in [0.25, 0.3) is 5.91 Å². The highest BCUT2D eigenvalue weighted by atomic mass is 16.5. The van der Waals surface area contributed by atoms with Crippen LogP contribution in [0.15, 0.2) is 72.0 Å². The van der Waals surface area contributed by atoms with Gasteiger partial charge in [-0.1, -0.05) is 12.1 Å². The molecule has 0 aliphatic rings. The van der Waals surface area contributed by atoms with E-state index in [0.29, 0.717) is 48.3 Å². The number of carbonyl (C=O) groups is 1. The summed E-state index contributed by atoms with van der Waals surface area (Å²) in [5, 5.41) is 6.02. The van der Waals surface area contributed by atoms with Gasteiger partial charge in [0.2, 0.25) is 5.96 Å². The van der Waals surface area contributed by atoms with Gasteiger partial charge < -0.3 is 19.5 Å². The van der Waals surface area contributed by atoms with Gasteiger partial charge in [0, 0.05) is 18.0 Å². The van der Waals surface area contributed by atoms with Gasteiger partial charge in [-0.25, -0.2) is 4.99 Å². The van der Waals surface area contributed by atoms with Gasteiger partial charge in [0.05, 0.1) is 32.6 Å². The minimum absolute atomic E-state index is 0.285. The van der Waals surface area contributed by atoms with Crippen molar-refractivity contribution in [2.75, 3.05) is 25.6 Å². The molecule has 33 heavy (non-hydrogen) atoms. The fourth-order valence-electron chi connectivity index (χ4n) is 3.02. The van der Waals surface area contributed by atoms with Gasteiger partial charge in [-0.15, -0.1) is 0 Å². The molecule has 0 unspecified atom stereocenters. The van der Waals surface area contributed by atoms with E-state index < -0.39 is 0 Å². The van der Waals surface area contributed by atoms with E-state index in [0.717, 1.165) is 5.56 Å². The van der Waals surface area contributed by atoms with Gasteiger partial charge >= 0.3 is 0 Å². The summed E-state index contributed by atoms with van der Waals surface area (Å²) in [7, 11) is 1.59. The van der Waals surface area contributed by atoms with Crippen molar-refractivity contribution in [3.63, 3.8) is 0 Å². The van der Waals surface area contributed by atoms with Crippen LogP contribution in [0, 0.1) is 0 Å². The fraction of sp³-hybridized carbons (Fsp3) is 0.240. The number of anilines is 1. The van der Waals surface area contributed by atoms with Crippen molar-refractivity contribution in [3.05, 3.63) is 78.1 Å². The second-order valence-electron chi connectivity index (χ2n) is 6.83. The molecule has 8 nitrogen and oxygen atoms in total. The van der Waals surface area contributed by atoms with Crippen molar-refractivity contribution in [3.8, 4) is 17.2 Å². The minimum Gasteiger partial charge on any atom is -0.495 e. The molecule has 0 aliphatic heterocycles. The Morgan fingerprint density at radius 3 is 2.39 bits per heavy atom. The molecular weight excluding hydrogens is 420 g/mol. The summed E-state index contributed by atoms with van der Waals surface area (Å²) in [5.41, 5.74) is 2.05. The molecule has 0 spiro atoms. The number of aromatic nitrogens is 1. The maximum Gasteiger partial charge on any atom is 0.258 e. The number of nitrogens with one attached hydrogen (secondary N) is 2. The smallest absolute Gasteiger partial charge is 0.258 e. The SMILES string of the molecule is CCOc1ccc(C(=O)NC(=NCc2ccncc2)Nc2ccccc2OC)cc1OCC. The van der Waals surface area contributed by atoms with Crippen molar-refractivity contribution < 1.29 is 19.0 Å². The number of amides is 1. The minimum atomic E-state index is -0.338. The maximum absolute atomic E-state index is 13.1. The molecule has 0 saturated heterocycles. The van der Waals surface area contributed by atoms with Crippen LogP contribution in [0.1, 0.15) is 29.8 Å². The van der Waals surface area contributed by atoms with E-state index in [9.17, 15) is 4.79 Å². The molecule has 1 aromatic heterocycles. The number of methoxy groups -OCH3 is 1. The number of carbonyl (C=O) groups excluding carboxylic acids is 1. The molecular formula is C25H28N4O4. The van der Waals surface area contributed by atoms with E-state index in [1.54, 1.807) is 37.7 Å². The topological polar surface area (TPSA) is 94.1 Å². The molecule has 0 atom stereocenters. The zero-order chi connectivity index (χ0) is 23.5. The zero-order valence-electron chi connectivity index (χ0n) is 19.0. The highest BCUT2D eigenvalue weighted by molar-refractivity contribution is 6.10. The highest BCUT2D eigenvalue weighted by Gasteiger charge is 2.14. The van der Waals surface area contributed by atoms with Crippen LogP contribution in [0.4, 0.5) is 5.69 Å². The molecule has 0 fully saturated rings. The fourth-order valence-corrected chi connectivity index (χ4v) is 3.02. The first-order chi connectivity index (χ1) is 16.1. The average Bonchev–Trinajstić information content (AvgIpc) is 2.85. The standard InChI is InChI=1S/C25H28N4O4/c1-4-32-22-11-10-19(16-23(22)33-5-2)24(30)29-25(27-17-18-12-14-26-15-13-18)28-20-8-6-7-9-21(20)31-3/h6-16H,4-5,17H2,1-3H3,(H2,27,28,29,30). The van der Waals surface area contributed by atoms with Gasteiger partial charge in [0.15, 0.2) is 11.5 Å². The zero-order valence-corrected chi connectivity index (χ0v) is 19.0. The normalized spacial score (nSPS) is 10.9. The lowest BCUT2D eigenvalue weighted by Gasteiger charge is -2.15. The second-order valence-corrected chi connectivity index (χ2v) is 6.83. The molecule has 1 heterocycles. The number of hydrogen-bond donors (Lipinski definition) is 2. The molecule has 0 aliphatic carbocycles. The van der Waals surface area contributed by atoms with Crippen LogP contribution in [-0.4, -0.2) is 37.2 Å². The number of nitrogens with zero attached hydrogens (tertiary/aromatic N) is 2. The van der Waals surface area contributed by atoms with E-state index in [1.807, 2.05) is 50.2 Å². The summed E-state index contributed by atoms with van der Waals surface area (Å²) in [6.07, 6.45) is 3.40. The maximum atomic E-state index is 13.1. The lowest BCUT2D eigenvalue weighted by molar-refractivity contribution is 0.0976. The Hall–Kier alpha value is -4.07.